The first-order valence-electron chi connectivity index (χ1n) is 11.0. The fourth-order valence-electron chi connectivity index (χ4n) is 4.05. The Labute approximate surface area is 214 Å². The monoisotopic (exact) mass is 522 g/mol. The summed E-state index contributed by atoms with van der Waals surface area (Å²) in [5, 5.41) is 15.2. The van der Waals surface area contributed by atoms with Crippen LogP contribution in [0.25, 0.3) is 0 Å². The Morgan fingerprint density at radius 3 is 2.20 bits per heavy atom. The van der Waals surface area contributed by atoms with Crippen LogP contribution >= 0.6 is 23.2 Å². The van der Waals surface area contributed by atoms with E-state index in [0.29, 0.717) is 45.9 Å². The van der Waals surface area contributed by atoms with Crippen LogP contribution in [0.15, 0.2) is 48.5 Å². The van der Waals surface area contributed by atoms with E-state index in [2.05, 4.69) is 10.1 Å². The number of methoxy groups -OCH3 is 1. The molecular weight excluding hydrogens is 495 g/mol. The molecule has 0 radical (unpaired) electrons. The zero-order chi connectivity index (χ0) is 25.8. The van der Waals surface area contributed by atoms with Crippen molar-refractivity contribution in [3.63, 3.8) is 0 Å². The lowest BCUT2D eigenvalue weighted by Crippen LogP contribution is -2.58. The van der Waals surface area contributed by atoms with Gasteiger partial charge in [-0.3, -0.25) is 14.9 Å². The summed E-state index contributed by atoms with van der Waals surface area (Å²) in [6, 6.07) is 11.8. The molecule has 188 valence electrons. The van der Waals surface area contributed by atoms with E-state index in [-0.39, 0.29) is 12.4 Å². The molecule has 9 nitrogen and oxygen atoms in total. The lowest BCUT2D eigenvalue weighted by molar-refractivity contribution is -0.140. The summed E-state index contributed by atoms with van der Waals surface area (Å²) < 4.78 is 4.67. The third kappa shape index (κ3) is 5.98. The number of hydrogen-bond donors (Lipinski definition) is 2. The molecule has 2 aromatic rings. The van der Waals surface area contributed by atoms with E-state index in [0.717, 1.165) is 0 Å². The summed E-state index contributed by atoms with van der Waals surface area (Å²) >= 11 is 11.9. The van der Waals surface area contributed by atoms with Gasteiger partial charge in [0.05, 0.1) is 12.6 Å². The number of nitrogens with one attached hydrogen (secondary N) is 1. The minimum atomic E-state index is -1.07. The van der Waals surface area contributed by atoms with Gasteiger partial charge in [0.1, 0.15) is 0 Å². The molecule has 2 N–H and O–H groups in total. The predicted octanol–water partition coefficient (Wildman–Crippen LogP) is 5.61. The van der Waals surface area contributed by atoms with Gasteiger partial charge in [-0.2, -0.15) is 5.06 Å². The highest BCUT2D eigenvalue weighted by Crippen LogP contribution is 2.38. The minimum Gasteiger partial charge on any atom is -0.469 e. The van der Waals surface area contributed by atoms with Crippen molar-refractivity contribution in [2.24, 2.45) is 0 Å². The number of carbonyl (C=O) groups excluding carboxylic acids is 3. The van der Waals surface area contributed by atoms with Crippen molar-refractivity contribution < 1.29 is 24.3 Å². The predicted molar refractivity (Wildman–Crippen MR) is 134 cm³/mol. The zero-order valence-corrected chi connectivity index (χ0v) is 21.2. The highest BCUT2D eigenvalue weighted by Gasteiger charge is 2.55. The summed E-state index contributed by atoms with van der Waals surface area (Å²) in [4.78, 5) is 40.9. The van der Waals surface area contributed by atoms with Crippen molar-refractivity contribution in [2.75, 3.05) is 23.9 Å². The largest absolute Gasteiger partial charge is 0.469 e. The molecule has 1 atom stereocenters. The lowest BCUT2D eigenvalue weighted by atomic mass is 9.99. The SMILES string of the molecule is COC(=O)CCCCN1C(=O)N(c2ccc(Cl)cc2)[C@@H](N(O)C(=O)Nc2ccc(Cl)cc2)C1(C)C. The molecule has 0 spiro atoms. The van der Waals surface area contributed by atoms with E-state index in [4.69, 9.17) is 23.2 Å². The Morgan fingerprint density at radius 1 is 1.06 bits per heavy atom. The first-order valence-corrected chi connectivity index (χ1v) is 11.8. The number of nitrogens with zero attached hydrogens (tertiary/aromatic N) is 3. The van der Waals surface area contributed by atoms with E-state index >= 15 is 0 Å². The number of hydroxylamine groups is 2. The number of rotatable bonds is 8. The maximum Gasteiger partial charge on any atom is 0.347 e. The topological polar surface area (TPSA) is 102 Å². The average Bonchev–Trinajstić information content (AvgIpc) is 3.02. The summed E-state index contributed by atoms with van der Waals surface area (Å²) in [6.45, 7) is 3.85. The molecule has 0 aliphatic carbocycles. The number of halogens is 2. The Morgan fingerprint density at radius 2 is 1.63 bits per heavy atom. The molecule has 2 aromatic carbocycles. The summed E-state index contributed by atoms with van der Waals surface area (Å²) in [6.07, 6.45) is 0.231. The van der Waals surface area contributed by atoms with Gasteiger partial charge in [-0.1, -0.05) is 23.2 Å². The van der Waals surface area contributed by atoms with Gasteiger partial charge in [0.2, 0.25) is 0 Å². The number of amides is 4. The van der Waals surface area contributed by atoms with E-state index in [1.54, 1.807) is 67.3 Å². The van der Waals surface area contributed by atoms with Gasteiger partial charge >= 0.3 is 18.0 Å². The van der Waals surface area contributed by atoms with Crippen molar-refractivity contribution in [3.8, 4) is 0 Å². The molecular formula is C24H28Cl2N4O5. The molecule has 1 fully saturated rings. The van der Waals surface area contributed by atoms with E-state index in [1.165, 1.54) is 12.0 Å². The van der Waals surface area contributed by atoms with Crippen LogP contribution in [0.4, 0.5) is 21.0 Å². The number of esters is 1. The molecule has 35 heavy (non-hydrogen) atoms. The number of benzene rings is 2. The first-order chi connectivity index (χ1) is 16.6. The van der Waals surface area contributed by atoms with Gasteiger partial charge in [-0.25, -0.2) is 9.59 Å². The smallest absolute Gasteiger partial charge is 0.347 e. The molecule has 3 rings (SSSR count). The van der Waals surface area contributed by atoms with Crippen LogP contribution in [-0.4, -0.2) is 58.6 Å². The number of urea groups is 2. The third-order valence-electron chi connectivity index (χ3n) is 5.89. The molecule has 1 aliphatic heterocycles. The summed E-state index contributed by atoms with van der Waals surface area (Å²) in [5.74, 6) is -0.321. The van der Waals surface area contributed by atoms with Gasteiger partial charge in [-0.15, -0.1) is 0 Å². The summed E-state index contributed by atoms with van der Waals surface area (Å²) in [7, 11) is 1.33. The van der Waals surface area contributed by atoms with Gasteiger partial charge in [0, 0.05) is 34.4 Å². The number of ether oxygens (including phenoxy) is 1. The molecule has 1 aliphatic rings. The molecule has 0 aromatic heterocycles. The van der Waals surface area contributed by atoms with Gasteiger partial charge < -0.3 is 15.0 Å². The molecule has 4 amide bonds. The van der Waals surface area contributed by atoms with Crippen LogP contribution in [0.2, 0.25) is 10.0 Å². The molecule has 1 saturated heterocycles. The highest BCUT2D eigenvalue weighted by atomic mass is 35.5. The minimum absolute atomic E-state index is 0.235. The first kappa shape index (κ1) is 26.6. The van der Waals surface area contributed by atoms with Crippen molar-refractivity contribution in [1.82, 2.24) is 9.96 Å². The second-order valence-corrected chi connectivity index (χ2v) is 9.50. The zero-order valence-electron chi connectivity index (χ0n) is 19.7. The van der Waals surface area contributed by atoms with Crippen LogP contribution in [0.3, 0.4) is 0 Å². The van der Waals surface area contributed by atoms with Crippen LogP contribution < -0.4 is 10.2 Å². The number of unbranched alkanes of at least 4 members (excludes halogenated alkanes) is 1. The van der Waals surface area contributed by atoms with Crippen LogP contribution in [0, 0.1) is 0 Å². The standard InChI is InChI=1S/C24H28Cl2N4O5/c1-24(2)21(30(34)22(32)27-18-11-7-16(25)8-12-18)29(19-13-9-17(26)10-14-19)23(33)28(24)15-5-4-6-20(31)35-3/h7-14,21,34H,4-6,15H2,1-3H3,(H,27,32)/t21-/m0/s1. The number of anilines is 2. The normalized spacial score (nSPS) is 16.9. The van der Waals surface area contributed by atoms with Crippen molar-refractivity contribution in [2.45, 2.75) is 44.8 Å². The lowest BCUT2D eigenvalue weighted by Gasteiger charge is -2.38. The fourth-order valence-corrected chi connectivity index (χ4v) is 4.30. The van der Waals surface area contributed by atoms with Gasteiger partial charge in [-0.05, 0) is 75.2 Å². The maximum atomic E-state index is 13.6. The van der Waals surface area contributed by atoms with Crippen molar-refractivity contribution >= 4 is 52.6 Å². The Bertz CT molecular complexity index is 1060. The Balaban J connectivity index is 1.87. The van der Waals surface area contributed by atoms with E-state index in [1.807, 2.05) is 0 Å². The van der Waals surface area contributed by atoms with Crippen molar-refractivity contribution in [3.05, 3.63) is 58.6 Å². The Kier molecular flexibility index (Phi) is 8.47. The molecule has 0 bridgehead atoms. The summed E-state index contributed by atoms with van der Waals surface area (Å²) in [5.41, 5.74) is -0.0974. The van der Waals surface area contributed by atoms with E-state index in [9.17, 15) is 19.6 Å². The quantitative estimate of drug-likeness (QED) is 0.203. The number of carbonyl (C=O) groups is 3. The highest BCUT2D eigenvalue weighted by molar-refractivity contribution is 6.31. The van der Waals surface area contributed by atoms with Crippen LogP contribution in [-0.2, 0) is 9.53 Å². The second-order valence-electron chi connectivity index (χ2n) is 8.62. The molecule has 0 saturated carbocycles. The second kappa shape index (κ2) is 11.2. The third-order valence-corrected chi connectivity index (χ3v) is 6.39. The van der Waals surface area contributed by atoms with Gasteiger partial charge in [0.25, 0.3) is 0 Å². The molecule has 1 heterocycles. The molecule has 11 heteroatoms. The van der Waals surface area contributed by atoms with E-state index < -0.39 is 23.8 Å². The van der Waals surface area contributed by atoms with Gasteiger partial charge in [0.15, 0.2) is 6.17 Å². The maximum absolute atomic E-state index is 13.6. The fraction of sp³-hybridized carbons (Fsp3) is 0.375. The Hall–Kier alpha value is -3.01. The van der Waals surface area contributed by atoms with Crippen molar-refractivity contribution in [1.29, 1.82) is 0 Å². The average molecular weight is 523 g/mol. The van der Waals surface area contributed by atoms with Crippen LogP contribution in [0.1, 0.15) is 33.1 Å². The van der Waals surface area contributed by atoms with Crippen LogP contribution in [0.5, 0.6) is 0 Å². The number of hydrogen-bond acceptors (Lipinski definition) is 5. The molecule has 0 unspecified atom stereocenters.